The summed E-state index contributed by atoms with van der Waals surface area (Å²) in [4.78, 5) is 39.5. The molecule has 0 spiro atoms. The van der Waals surface area contributed by atoms with Crippen molar-refractivity contribution in [3.05, 3.63) is 36.0 Å². The van der Waals surface area contributed by atoms with Gasteiger partial charge in [-0.2, -0.15) is 12.6 Å². The van der Waals surface area contributed by atoms with Crippen LogP contribution in [0.5, 0.6) is 0 Å². The lowest BCUT2D eigenvalue weighted by atomic mass is 10.0. The number of carbonyl (C=O) groups excluding carboxylic acids is 2. The quantitative estimate of drug-likeness (QED) is 0.319. The minimum atomic E-state index is -1.18. The summed E-state index contributed by atoms with van der Waals surface area (Å²) in [6.07, 6.45) is 2.48. The van der Waals surface area contributed by atoms with Gasteiger partial charge in [-0.3, -0.25) is 9.59 Å². The van der Waals surface area contributed by atoms with E-state index in [1.807, 2.05) is 44.3 Å². The maximum absolute atomic E-state index is 12.6. The maximum atomic E-state index is 12.6. The molecule has 0 unspecified atom stereocenters. The first-order chi connectivity index (χ1) is 13.7. The molecular formula is C20H28N4O4S. The Morgan fingerprint density at radius 3 is 2.41 bits per heavy atom. The number of thiol groups is 1. The average molecular weight is 421 g/mol. The number of aromatic nitrogens is 1. The van der Waals surface area contributed by atoms with Crippen LogP contribution in [-0.2, 0) is 20.8 Å². The zero-order valence-electron chi connectivity index (χ0n) is 16.5. The third-order valence-corrected chi connectivity index (χ3v) is 4.95. The molecule has 1 heterocycles. The number of amides is 2. The standard InChI is InChI=1S/C20H28N4O4S/c1-11(2)7-16(19(26)24-17(10-29)20(27)28)23-18(25)14(21)8-12-9-22-15-6-4-3-5-13(12)15/h3-6,9,11,14,16-17,22,29H,7-8,10,21H2,1-2H3,(H,23,25)(H,24,26)(H,27,28)/t14-,16-,17-/m0/s1. The van der Waals surface area contributed by atoms with Gasteiger partial charge < -0.3 is 26.5 Å². The second-order valence-electron chi connectivity index (χ2n) is 7.44. The number of carbonyl (C=O) groups is 3. The molecular weight excluding hydrogens is 392 g/mol. The molecule has 0 fully saturated rings. The third kappa shape index (κ3) is 6.23. The first-order valence-corrected chi connectivity index (χ1v) is 10.1. The molecule has 0 saturated heterocycles. The van der Waals surface area contributed by atoms with Gasteiger partial charge in [0.25, 0.3) is 0 Å². The van der Waals surface area contributed by atoms with Crippen molar-refractivity contribution < 1.29 is 19.5 Å². The second-order valence-corrected chi connectivity index (χ2v) is 7.81. The molecule has 2 amide bonds. The molecule has 2 rings (SSSR count). The number of benzene rings is 1. The van der Waals surface area contributed by atoms with E-state index in [0.29, 0.717) is 12.8 Å². The number of aromatic amines is 1. The molecule has 3 atom stereocenters. The Labute approximate surface area is 175 Å². The van der Waals surface area contributed by atoms with E-state index in [0.717, 1.165) is 16.5 Å². The summed E-state index contributed by atoms with van der Waals surface area (Å²) in [6.45, 7) is 3.82. The van der Waals surface area contributed by atoms with Gasteiger partial charge in [-0.25, -0.2) is 4.79 Å². The van der Waals surface area contributed by atoms with E-state index in [4.69, 9.17) is 10.8 Å². The lowest BCUT2D eigenvalue weighted by Crippen LogP contribution is -2.55. The monoisotopic (exact) mass is 420 g/mol. The zero-order chi connectivity index (χ0) is 21.6. The Bertz CT molecular complexity index is 867. The van der Waals surface area contributed by atoms with Crippen LogP contribution in [0.1, 0.15) is 25.8 Å². The number of aliphatic carboxylic acids is 1. The summed E-state index contributed by atoms with van der Waals surface area (Å²) >= 11 is 3.94. The number of H-pyrrole nitrogens is 1. The van der Waals surface area contributed by atoms with Crippen LogP contribution >= 0.6 is 12.6 Å². The van der Waals surface area contributed by atoms with E-state index in [1.54, 1.807) is 0 Å². The number of para-hydroxylation sites is 1. The van der Waals surface area contributed by atoms with E-state index in [9.17, 15) is 14.4 Å². The van der Waals surface area contributed by atoms with Crippen molar-refractivity contribution >= 4 is 41.3 Å². The van der Waals surface area contributed by atoms with Gasteiger partial charge in [0.2, 0.25) is 11.8 Å². The first kappa shape index (κ1) is 22.8. The number of carboxylic acid groups (broad SMARTS) is 1. The fourth-order valence-electron chi connectivity index (χ4n) is 3.07. The average Bonchev–Trinajstić information content (AvgIpc) is 3.07. The van der Waals surface area contributed by atoms with E-state index in [-0.39, 0.29) is 11.7 Å². The van der Waals surface area contributed by atoms with Crippen LogP contribution in [0.15, 0.2) is 30.5 Å². The molecule has 29 heavy (non-hydrogen) atoms. The Morgan fingerprint density at radius 2 is 1.79 bits per heavy atom. The topological polar surface area (TPSA) is 137 Å². The van der Waals surface area contributed by atoms with Gasteiger partial charge in [0, 0.05) is 22.9 Å². The van der Waals surface area contributed by atoms with Crippen molar-refractivity contribution in [1.29, 1.82) is 0 Å². The molecule has 0 aliphatic rings. The predicted molar refractivity (Wildman–Crippen MR) is 115 cm³/mol. The molecule has 1 aromatic carbocycles. The van der Waals surface area contributed by atoms with E-state index in [1.165, 1.54) is 0 Å². The zero-order valence-corrected chi connectivity index (χ0v) is 17.4. The third-order valence-electron chi connectivity index (χ3n) is 4.59. The van der Waals surface area contributed by atoms with Crippen LogP contribution in [0.4, 0.5) is 0 Å². The molecule has 0 saturated carbocycles. The SMILES string of the molecule is CC(C)C[C@H](NC(=O)[C@@H](N)Cc1c[nH]c2ccccc12)C(=O)N[C@@H](CS)C(=O)O. The van der Waals surface area contributed by atoms with Crippen molar-refractivity contribution in [1.82, 2.24) is 15.6 Å². The smallest absolute Gasteiger partial charge is 0.327 e. The lowest BCUT2D eigenvalue weighted by Gasteiger charge is -2.23. The normalized spacial score (nSPS) is 14.4. The Kier molecular flexibility index (Phi) is 8.10. The van der Waals surface area contributed by atoms with E-state index >= 15 is 0 Å². The number of fused-ring (bicyclic) bond motifs is 1. The molecule has 9 heteroatoms. The molecule has 158 valence electrons. The summed E-state index contributed by atoms with van der Waals surface area (Å²) < 4.78 is 0. The van der Waals surface area contributed by atoms with Gasteiger partial charge in [0.05, 0.1) is 6.04 Å². The number of rotatable bonds is 10. The highest BCUT2D eigenvalue weighted by atomic mass is 32.1. The van der Waals surface area contributed by atoms with Crippen LogP contribution in [0.3, 0.4) is 0 Å². The van der Waals surface area contributed by atoms with Crippen molar-refractivity contribution in [3.8, 4) is 0 Å². The molecule has 6 N–H and O–H groups in total. The fourth-order valence-corrected chi connectivity index (χ4v) is 3.32. The van der Waals surface area contributed by atoms with Gasteiger partial charge in [-0.1, -0.05) is 32.0 Å². The largest absolute Gasteiger partial charge is 0.480 e. The van der Waals surface area contributed by atoms with E-state index < -0.39 is 35.9 Å². The summed E-state index contributed by atoms with van der Waals surface area (Å²) in [5, 5.41) is 15.2. The summed E-state index contributed by atoms with van der Waals surface area (Å²) in [6, 6.07) is 4.86. The molecule has 0 bridgehead atoms. The van der Waals surface area contributed by atoms with Crippen molar-refractivity contribution in [2.45, 2.75) is 44.8 Å². The number of nitrogens with one attached hydrogen (secondary N) is 3. The van der Waals surface area contributed by atoms with Gasteiger partial charge in [-0.15, -0.1) is 0 Å². The number of hydrogen-bond donors (Lipinski definition) is 6. The predicted octanol–water partition coefficient (Wildman–Crippen LogP) is 1.07. The van der Waals surface area contributed by atoms with Crippen LogP contribution in [0.2, 0.25) is 0 Å². The van der Waals surface area contributed by atoms with E-state index in [2.05, 4.69) is 28.2 Å². The van der Waals surface area contributed by atoms with Gasteiger partial charge in [-0.05, 0) is 30.4 Å². The number of nitrogens with two attached hydrogens (primary N) is 1. The maximum Gasteiger partial charge on any atom is 0.327 e. The first-order valence-electron chi connectivity index (χ1n) is 9.47. The lowest BCUT2D eigenvalue weighted by molar-refractivity contribution is -0.141. The highest BCUT2D eigenvalue weighted by molar-refractivity contribution is 7.80. The van der Waals surface area contributed by atoms with Crippen LogP contribution in [0, 0.1) is 5.92 Å². The minimum Gasteiger partial charge on any atom is -0.480 e. The van der Waals surface area contributed by atoms with Crippen molar-refractivity contribution in [2.75, 3.05) is 5.75 Å². The molecule has 2 aromatic rings. The highest BCUT2D eigenvalue weighted by Crippen LogP contribution is 2.19. The molecule has 0 radical (unpaired) electrons. The minimum absolute atomic E-state index is 0.0521. The van der Waals surface area contributed by atoms with Crippen LogP contribution < -0.4 is 16.4 Å². The van der Waals surface area contributed by atoms with Crippen molar-refractivity contribution in [3.63, 3.8) is 0 Å². The molecule has 0 aliphatic carbocycles. The van der Waals surface area contributed by atoms with Crippen LogP contribution in [0.25, 0.3) is 10.9 Å². The fraction of sp³-hybridized carbons (Fsp3) is 0.450. The molecule has 1 aromatic heterocycles. The summed E-state index contributed by atoms with van der Waals surface area (Å²) in [7, 11) is 0. The van der Waals surface area contributed by atoms with Gasteiger partial charge in [0.15, 0.2) is 0 Å². The second kappa shape index (κ2) is 10.3. The van der Waals surface area contributed by atoms with Gasteiger partial charge >= 0.3 is 5.97 Å². The Balaban J connectivity index is 2.06. The number of carboxylic acids is 1. The number of hydrogen-bond acceptors (Lipinski definition) is 5. The summed E-state index contributed by atoms with van der Waals surface area (Å²) in [5.41, 5.74) is 7.96. The highest BCUT2D eigenvalue weighted by Gasteiger charge is 2.28. The molecule has 0 aliphatic heterocycles. The van der Waals surface area contributed by atoms with Crippen LogP contribution in [-0.4, -0.2) is 51.8 Å². The summed E-state index contributed by atoms with van der Waals surface area (Å²) in [5.74, 6) is -2.15. The van der Waals surface area contributed by atoms with Crippen molar-refractivity contribution in [2.24, 2.45) is 11.7 Å². The molecule has 8 nitrogen and oxygen atoms in total. The van der Waals surface area contributed by atoms with Gasteiger partial charge in [0.1, 0.15) is 12.1 Å². The Morgan fingerprint density at radius 1 is 1.14 bits per heavy atom. The Hall–Kier alpha value is -2.52.